The molecule has 3 amide bonds. The van der Waals surface area contributed by atoms with E-state index in [4.69, 9.17) is 9.47 Å². The highest BCUT2D eigenvalue weighted by atomic mass is 32.1. The van der Waals surface area contributed by atoms with Crippen LogP contribution in [0.1, 0.15) is 14.5 Å². The van der Waals surface area contributed by atoms with Crippen molar-refractivity contribution in [3.8, 4) is 5.75 Å². The smallest absolute Gasteiger partial charge is 0.348 e. The average molecular weight is 348 g/mol. The lowest BCUT2D eigenvalue weighted by molar-refractivity contribution is -0.123. The summed E-state index contributed by atoms with van der Waals surface area (Å²) in [6.45, 7) is 1.32. The maximum Gasteiger partial charge on any atom is 0.348 e. The summed E-state index contributed by atoms with van der Waals surface area (Å²) in [6.07, 6.45) is 0. The monoisotopic (exact) mass is 348 g/mol. The van der Waals surface area contributed by atoms with Crippen molar-refractivity contribution in [1.29, 1.82) is 0 Å². The molecule has 2 N–H and O–H groups in total. The number of anilines is 1. The molecule has 126 valence electrons. The van der Waals surface area contributed by atoms with Gasteiger partial charge in [0.1, 0.15) is 10.6 Å². The van der Waals surface area contributed by atoms with Gasteiger partial charge in [-0.1, -0.05) is 0 Å². The second-order valence-electron chi connectivity index (χ2n) is 4.72. The Bertz CT molecular complexity index is 739. The second kappa shape index (κ2) is 8.11. The van der Waals surface area contributed by atoms with Gasteiger partial charge < -0.3 is 14.8 Å². The number of hydrogen-bond acceptors (Lipinski definition) is 6. The van der Waals surface area contributed by atoms with Gasteiger partial charge in [-0.25, -0.2) is 9.59 Å². The largest absolute Gasteiger partial charge is 0.497 e. The number of urea groups is 1. The van der Waals surface area contributed by atoms with Gasteiger partial charge in [-0.3, -0.25) is 10.1 Å². The normalized spacial score (nSPS) is 9.92. The molecule has 0 aliphatic carbocycles. The molecular weight excluding hydrogens is 332 g/mol. The molecule has 0 saturated carbocycles. The maximum atomic E-state index is 11.7. The third kappa shape index (κ3) is 5.10. The molecule has 0 spiro atoms. The summed E-state index contributed by atoms with van der Waals surface area (Å²) in [5.41, 5.74) is 0.493. The van der Waals surface area contributed by atoms with E-state index in [0.29, 0.717) is 16.3 Å². The van der Waals surface area contributed by atoms with E-state index in [1.54, 1.807) is 36.4 Å². The van der Waals surface area contributed by atoms with Crippen molar-refractivity contribution >= 4 is 34.9 Å². The van der Waals surface area contributed by atoms with Gasteiger partial charge in [-0.2, -0.15) is 0 Å². The molecule has 0 radical (unpaired) electrons. The standard InChI is InChI=1S/C16H16N2O5S/c1-10-3-8-13(24-10)15(20)23-9-14(19)18-16(21)17-11-4-6-12(22-2)7-5-11/h3-8H,9H2,1-2H3,(H2,17,18,19,21). The van der Waals surface area contributed by atoms with Crippen LogP contribution in [0, 0.1) is 6.92 Å². The van der Waals surface area contributed by atoms with E-state index in [1.165, 1.54) is 18.4 Å². The maximum absolute atomic E-state index is 11.7. The Kier molecular flexibility index (Phi) is 5.91. The van der Waals surface area contributed by atoms with Gasteiger partial charge in [0.25, 0.3) is 5.91 Å². The highest BCUT2D eigenvalue weighted by Gasteiger charge is 2.14. The molecule has 2 rings (SSSR count). The fourth-order valence-electron chi connectivity index (χ4n) is 1.75. The van der Waals surface area contributed by atoms with Crippen molar-refractivity contribution in [2.24, 2.45) is 0 Å². The number of esters is 1. The molecule has 0 aliphatic rings. The minimum atomic E-state index is -0.720. The van der Waals surface area contributed by atoms with Crippen LogP contribution in [0.5, 0.6) is 5.75 Å². The predicted molar refractivity (Wildman–Crippen MR) is 89.5 cm³/mol. The Morgan fingerprint density at radius 2 is 1.79 bits per heavy atom. The minimum absolute atomic E-state index is 0.406. The average Bonchev–Trinajstić information content (AvgIpc) is 3.00. The Morgan fingerprint density at radius 1 is 1.08 bits per heavy atom. The van der Waals surface area contributed by atoms with Gasteiger partial charge >= 0.3 is 12.0 Å². The van der Waals surface area contributed by atoms with Crippen molar-refractivity contribution < 1.29 is 23.9 Å². The molecule has 7 nitrogen and oxygen atoms in total. The Balaban J connectivity index is 1.76. The molecule has 8 heteroatoms. The van der Waals surface area contributed by atoms with Gasteiger partial charge in [-0.05, 0) is 43.3 Å². The van der Waals surface area contributed by atoms with Crippen LogP contribution in [0.15, 0.2) is 36.4 Å². The molecular formula is C16H16N2O5S. The van der Waals surface area contributed by atoms with Crippen molar-refractivity contribution in [1.82, 2.24) is 5.32 Å². The summed E-state index contributed by atoms with van der Waals surface area (Å²) in [7, 11) is 1.53. The first-order valence-corrected chi connectivity index (χ1v) is 7.78. The van der Waals surface area contributed by atoms with Crippen LogP contribution in [-0.4, -0.2) is 31.6 Å². The van der Waals surface area contributed by atoms with E-state index in [2.05, 4.69) is 10.6 Å². The molecule has 0 aliphatic heterocycles. The van der Waals surface area contributed by atoms with E-state index in [9.17, 15) is 14.4 Å². The van der Waals surface area contributed by atoms with Gasteiger partial charge in [0.15, 0.2) is 6.61 Å². The highest BCUT2D eigenvalue weighted by Crippen LogP contribution is 2.16. The lowest BCUT2D eigenvalue weighted by Gasteiger charge is -2.07. The number of benzene rings is 1. The number of rotatable bonds is 5. The first-order chi connectivity index (χ1) is 11.5. The van der Waals surface area contributed by atoms with Crippen LogP contribution in [0.3, 0.4) is 0 Å². The van der Waals surface area contributed by atoms with Crippen LogP contribution >= 0.6 is 11.3 Å². The SMILES string of the molecule is COc1ccc(NC(=O)NC(=O)COC(=O)c2ccc(C)s2)cc1. The number of aryl methyl sites for hydroxylation is 1. The molecule has 1 aromatic heterocycles. The molecule has 0 atom stereocenters. The summed E-state index contributed by atoms with van der Waals surface area (Å²) in [6, 6.07) is 9.28. The van der Waals surface area contributed by atoms with Gasteiger partial charge in [-0.15, -0.1) is 11.3 Å². The molecule has 0 bridgehead atoms. The van der Waals surface area contributed by atoms with E-state index in [-0.39, 0.29) is 0 Å². The number of carbonyl (C=O) groups excluding carboxylic acids is 3. The van der Waals surface area contributed by atoms with Crippen molar-refractivity contribution in [2.45, 2.75) is 6.92 Å². The molecule has 0 unspecified atom stereocenters. The molecule has 1 aromatic carbocycles. The summed E-state index contributed by atoms with van der Waals surface area (Å²) in [5.74, 6) is -0.672. The number of methoxy groups -OCH3 is 1. The predicted octanol–water partition coefficient (Wildman–Crippen LogP) is 2.57. The molecule has 0 saturated heterocycles. The van der Waals surface area contributed by atoms with Crippen LogP contribution in [0.4, 0.5) is 10.5 Å². The number of imide groups is 1. The lowest BCUT2D eigenvalue weighted by Crippen LogP contribution is -2.37. The summed E-state index contributed by atoms with van der Waals surface area (Å²) >= 11 is 1.27. The number of amides is 3. The van der Waals surface area contributed by atoms with Crippen LogP contribution < -0.4 is 15.4 Å². The minimum Gasteiger partial charge on any atom is -0.497 e. The first-order valence-electron chi connectivity index (χ1n) is 6.96. The number of nitrogens with one attached hydrogen (secondary N) is 2. The van der Waals surface area contributed by atoms with E-state index in [0.717, 1.165) is 4.88 Å². The van der Waals surface area contributed by atoms with Gasteiger partial charge in [0.2, 0.25) is 0 Å². The van der Waals surface area contributed by atoms with Gasteiger partial charge in [0.05, 0.1) is 7.11 Å². The van der Waals surface area contributed by atoms with Crippen LogP contribution in [0.25, 0.3) is 0 Å². The van der Waals surface area contributed by atoms with Crippen molar-refractivity contribution in [3.63, 3.8) is 0 Å². The zero-order valence-corrected chi connectivity index (χ0v) is 13.9. The zero-order chi connectivity index (χ0) is 17.5. The third-order valence-corrected chi connectivity index (χ3v) is 3.86. The molecule has 24 heavy (non-hydrogen) atoms. The van der Waals surface area contributed by atoms with E-state index < -0.39 is 24.5 Å². The van der Waals surface area contributed by atoms with Gasteiger partial charge in [0, 0.05) is 10.6 Å². The number of hydrogen-bond donors (Lipinski definition) is 2. The summed E-state index contributed by atoms with van der Waals surface area (Å²) in [4.78, 5) is 36.4. The number of carbonyl (C=O) groups is 3. The van der Waals surface area contributed by atoms with Crippen molar-refractivity contribution in [2.75, 3.05) is 19.0 Å². The quantitative estimate of drug-likeness (QED) is 0.810. The van der Waals surface area contributed by atoms with Crippen LogP contribution in [0.2, 0.25) is 0 Å². The van der Waals surface area contributed by atoms with Crippen LogP contribution in [-0.2, 0) is 9.53 Å². The Labute approximate surface area is 142 Å². The molecule has 2 aromatic rings. The molecule has 0 fully saturated rings. The Morgan fingerprint density at radius 3 is 2.38 bits per heavy atom. The fourth-order valence-corrected chi connectivity index (χ4v) is 2.51. The second-order valence-corrected chi connectivity index (χ2v) is 6.01. The highest BCUT2D eigenvalue weighted by molar-refractivity contribution is 7.13. The number of ether oxygens (including phenoxy) is 2. The first kappa shape index (κ1) is 17.5. The zero-order valence-electron chi connectivity index (χ0n) is 13.1. The van der Waals surface area contributed by atoms with E-state index >= 15 is 0 Å². The topological polar surface area (TPSA) is 93.7 Å². The van der Waals surface area contributed by atoms with Crippen molar-refractivity contribution in [3.05, 3.63) is 46.2 Å². The Hall–Kier alpha value is -2.87. The summed E-state index contributed by atoms with van der Waals surface area (Å²) < 4.78 is 9.85. The fraction of sp³-hybridized carbons (Fsp3) is 0.188. The lowest BCUT2D eigenvalue weighted by atomic mass is 10.3. The third-order valence-electron chi connectivity index (χ3n) is 2.88. The van der Waals surface area contributed by atoms with E-state index in [1.807, 2.05) is 6.92 Å². The number of thiophene rings is 1. The molecule has 1 heterocycles. The summed E-state index contributed by atoms with van der Waals surface area (Å²) in [5, 5.41) is 4.56.